The zero-order valence-electron chi connectivity index (χ0n) is 9.23. The zero-order chi connectivity index (χ0) is 12.4. The molecule has 1 amide bonds. The minimum Gasteiger partial charge on any atom is -0.478 e. The van der Waals surface area contributed by atoms with Gasteiger partial charge in [-0.2, -0.15) is 0 Å². The molecule has 0 aliphatic rings. The van der Waals surface area contributed by atoms with Gasteiger partial charge in [-0.05, 0) is 22.9 Å². The Hall–Kier alpha value is -2.36. The van der Waals surface area contributed by atoms with Crippen molar-refractivity contribution in [3.63, 3.8) is 0 Å². The second-order valence-electron chi connectivity index (χ2n) is 3.63. The molecule has 0 atom stereocenters. The van der Waals surface area contributed by atoms with Crippen molar-refractivity contribution in [1.82, 2.24) is 5.32 Å². The lowest BCUT2D eigenvalue weighted by Crippen LogP contribution is -2.21. The Morgan fingerprint density at radius 3 is 2.06 bits per heavy atom. The number of carbonyl (C=O) groups is 2. The van der Waals surface area contributed by atoms with E-state index in [4.69, 9.17) is 5.11 Å². The summed E-state index contributed by atoms with van der Waals surface area (Å²) in [5.74, 6) is -1.50. The summed E-state index contributed by atoms with van der Waals surface area (Å²) in [7, 11) is 1.48. The monoisotopic (exact) mass is 229 g/mol. The van der Waals surface area contributed by atoms with Crippen LogP contribution < -0.4 is 5.32 Å². The molecule has 2 aromatic carbocycles. The van der Waals surface area contributed by atoms with Crippen LogP contribution in [0.1, 0.15) is 20.7 Å². The van der Waals surface area contributed by atoms with Crippen molar-refractivity contribution in [2.24, 2.45) is 0 Å². The van der Waals surface area contributed by atoms with Crippen LogP contribution in [0, 0.1) is 0 Å². The normalized spacial score (nSPS) is 10.2. The average Bonchev–Trinajstić information content (AvgIpc) is 2.36. The van der Waals surface area contributed by atoms with Gasteiger partial charge in [0.05, 0.1) is 11.1 Å². The molecule has 4 nitrogen and oxygen atoms in total. The predicted octanol–water partition coefficient (Wildman–Crippen LogP) is 1.90. The number of aromatic carboxylic acids is 1. The summed E-state index contributed by atoms with van der Waals surface area (Å²) in [5.41, 5.74) is 0.196. The molecule has 2 N–H and O–H groups in total. The van der Waals surface area contributed by atoms with Gasteiger partial charge in [-0.15, -0.1) is 0 Å². The highest BCUT2D eigenvalue weighted by Crippen LogP contribution is 2.20. The van der Waals surface area contributed by atoms with Crippen molar-refractivity contribution >= 4 is 22.6 Å². The van der Waals surface area contributed by atoms with Crippen molar-refractivity contribution < 1.29 is 14.7 Å². The van der Waals surface area contributed by atoms with Crippen molar-refractivity contribution in [1.29, 1.82) is 0 Å². The van der Waals surface area contributed by atoms with E-state index in [1.54, 1.807) is 6.07 Å². The number of rotatable bonds is 2. The minimum atomic E-state index is -1.10. The van der Waals surface area contributed by atoms with E-state index >= 15 is 0 Å². The summed E-state index contributed by atoms with van der Waals surface area (Å²) in [6.07, 6.45) is 0. The number of carboxylic acid groups (broad SMARTS) is 1. The first-order valence-corrected chi connectivity index (χ1v) is 5.11. The summed E-state index contributed by atoms with van der Waals surface area (Å²) in [6.45, 7) is 0. The SMILES string of the molecule is CNC(=O)c1cc2ccccc2cc1C(=O)O. The van der Waals surface area contributed by atoms with Gasteiger partial charge in [-0.3, -0.25) is 4.79 Å². The van der Waals surface area contributed by atoms with Gasteiger partial charge in [-0.25, -0.2) is 4.79 Å². The number of carbonyl (C=O) groups excluding carboxylic acids is 1. The lowest BCUT2D eigenvalue weighted by molar-refractivity contribution is 0.0691. The Labute approximate surface area is 97.9 Å². The van der Waals surface area contributed by atoms with E-state index in [0.29, 0.717) is 0 Å². The number of carboxylic acids is 1. The second kappa shape index (κ2) is 4.25. The number of benzene rings is 2. The van der Waals surface area contributed by atoms with E-state index in [9.17, 15) is 9.59 Å². The van der Waals surface area contributed by atoms with E-state index < -0.39 is 11.9 Å². The number of hydrogen-bond donors (Lipinski definition) is 2. The molecule has 0 spiro atoms. The fraction of sp³-hybridized carbons (Fsp3) is 0.0769. The lowest BCUT2D eigenvalue weighted by atomic mass is 10.0. The third kappa shape index (κ3) is 1.97. The van der Waals surface area contributed by atoms with Gasteiger partial charge in [0.15, 0.2) is 0 Å². The van der Waals surface area contributed by atoms with Gasteiger partial charge in [0.2, 0.25) is 0 Å². The van der Waals surface area contributed by atoms with Gasteiger partial charge >= 0.3 is 5.97 Å². The van der Waals surface area contributed by atoms with E-state index in [-0.39, 0.29) is 11.1 Å². The molecule has 0 radical (unpaired) electrons. The second-order valence-corrected chi connectivity index (χ2v) is 3.63. The standard InChI is InChI=1S/C13H11NO3/c1-14-12(15)10-6-8-4-2-3-5-9(8)7-11(10)13(16)17/h2-7H,1H3,(H,14,15)(H,16,17). The maximum absolute atomic E-state index is 11.6. The van der Waals surface area contributed by atoms with Crippen LogP contribution in [0.4, 0.5) is 0 Å². The Kier molecular flexibility index (Phi) is 2.78. The van der Waals surface area contributed by atoms with Crippen LogP contribution >= 0.6 is 0 Å². The molecular weight excluding hydrogens is 218 g/mol. The zero-order valence-corrected chi connectivity index (χ0v) is 9.23. The van der Waals surface area contributed by atoms with Crippen LogP contribution in [-0.2, 0) is 0 Å². The molecule has 0 heterocycles. The van der Waals surface area contributed by atoms with Gasteiger partial charge in [-0.1, -0.05) is 24.3 Å². The smallest absolute Gasteiger partial charge is 0.336 e. The predicted molar refractivity (Wildman–Crippen MR) is 64.3 cm³/mol. The highest BCUT2D eigenvalue weighted by atomic mass is 16.4. The van der Waals surface area contributed by atoms with Gasteiger partial charge < -0.3 is 10.4 Å². The quantitative estimate of drug-likeness (QED) is 0.826. The summed E-state index contributed by atoms with van der Waals surface area (Å²) < 4.78 is 0. The Morgan fingerprint density at radius 1 is 1.06 bits per heavy atom. The van der Waals surface area contributed by atoms with Gasteiger partial charge in [0, 0.05) is 7.05 Å². The fourth-order valence-electron chi connectivity index (χ4n) is 1.74. The topological polar surface area (TPSA) is 66.4 Å². The molecule has 86 valence electrons. The van der Waals surface area contributed by atoms with Crippen LogP contribution in [0.5, 0.6) is 0 Å². The molecule has 0 aliphatic heterocycles. The maximum Gasteiger partial charge on any atom is 0.336 e. The first kappa shape index (κ1) is 11.1. The molecule has 0 saturated heterocycles. The van der Waals surface area contributed by atoms with Crippen LogP contribution in [0.3, 0.4) is 0 Å². The fourth-order valence-corrected chi connectivity index (χ4v) is 1.74. The first-order chi connectivity index (χ1) is 8.13. The van der Waals surface area contributed by atoms with Crippen LogP contribution in [0.25, 0.3) is 10.8 Å². The van der Waals surface area contributed by atoms with E-state index in [1.165, 1.54) is 13.1 Å². The first-order valence-electron chi connectivity index (χ1n) is 5.11. The Morgan fingerprint density at radius 2 is 1.59 bits per heavy atom. The highest BCUT2D eigenvalue weighted by Gasteiger charge is 2.16. The third-order valence-electron chi connectivity index (χ3n) is 2.59. The minimum absolute atomic E-state index is 0.0167. The number of hydrogen-bond acceptors (Lipinski definition) is 2. The summed E-state index contributed by atoms with van der Waals surface area (Å²) >= 11 is 0. The van der Waals surface area contributed by atoms with Crippen molar-refractivity contribution in [2.75, 3.05) is 7.05 Å². The number of nitrogens with one attached hydrogen (secondary N) is 1. The Bertz CT molecular complexity index is 605. The highest BCUT2D eigenvalue weighted by molar-refractivity contribution is 6.08. The van der Waals surface area contributed by atoms with E-state index in [0.717, 1.165) is 10.8 Å². The van der Waals surface area contributed by atoms with Crippen LogP contribution in [0.2, 0.25) is 0 Å². The van der Waals surface area contributed by atoms with Gasteiger partial charge in [0.25, 0.3) is 5.91 Å². The number of fused-ring (bicyclic) bond motifs is 1. The average molecular weight is 229 g/mol. The Balaban J connectivity index is 2.75. The van der Waals surface area contributed by atoms with Crippen LogP contribution in [0.15, 0.2) is 36.4 Å². The number of amides is 1. The summed E-state index contributed by atoms with van der Waals surface area (Å²) in [4.78, 5) is 22.7. The van der Waals surface area contributed by atoms with Crippen LogP contribution in [-0.4, -0.2) is 24.0 Å². The molecule has 0 saturated carbocycles. The largest absolute Gasteiger partial charge is 0.478 e. The molecule has 0 unspecified atom stereocenters. The van der Waals surface area contributed by atoms with E-state index in [1.807, 2.05) is 24.3 Å². The molecule has 17 heavy (non-hydrogen) atoms. The molecule has 2 aromatic rings. The van der Waals surface area contributed by atoms with Gasteiger partial charge in [0.1, 0.15) is 0 Å². The molecular formula is C13H11NO3. The molecule has 2 rings (SSSR count). The molecule has 0 fully saturated rings. The molecule has 0 bridgehead atoms. The summed E-state index contributed by atoms with van der Waals surface area (Å²) in [5, 5.41) is 13.2. The molecule has 0 aliphatic carbocycles. The van der Waals surface area contributed by atoms with Crippen molar-refractivity contribution in [3.05, 3.63) is 47.5 Å². The third-order valence-corrected chi connectivity index (χ3v) is 2.59. The molecule has 0 aromatic heterocycles. The summed E-state index contributed by atoms with van der Waals surface area (Å²) in [6, 6.07) is 10.4. The maximum atomic E-state index is 11.6. The van der Waals surface area contributed by atoms with Crippen molar-refractivity contribution in [2.45, 2.75) is 0 Å². The van der Waals surface area contributed by atoms with E-state index in [2.05, 4.69) is 5.32 Å². The van der Waals surface area contributed by atoms with Crippen molar-refractivity contribution in [3.8, 4) is 0 Å². The molecule has 4 heteroatoms. The lowest BCUT2D eigenvalue weighted by Gasteiger charge is -2.07.